The van der Waals surface area contributed by atoms with E-state index in [1.165, 1.54) is 10.4 Å². The molecule has 4 rings (SSSR count). The number of ether oxygens (including phenoxy) is 2. The molecule has 1 aromatic rings. The third-order valence-electron chi connectivity index (χ3n) is 6.40. The molecule has 0 saturated carbocycles. The fraction of sp³-hybridized carbons (Fsp3) is 0.667. The monoisotopic (exact) mass is 476 g/mol. The average Bonchev–Trinajstić information content (AvgIpc) is 3.33. The predicted molar refractivity (Wildman–Crippen MR) is 108 cm³/mol. The van der Waals surface area contributed by atoms with Gasteiger partial charge >= 0.3 is 6.18 Å². The van der Waals surface area contributed by atoms with Crippen LogP contribution in [0.1, 0.15) is 31.2 Å². The zero-order valence-corrected chi connectivity index (χ0v) is 18.4. The molecule has 7 nitrogen and oxygen atoms in total. The van der Waals surface area contributed by atoms with E-state index >= 15 is 0 Å². The molecule has 3 heterocycles. The highest BCUT2D eigenvalue weighted by atomic mass is 32.2. The number of benzene rings is 1. The minimum atomic E-state index is -4.62. The number of nitrogens with zero attached hydrogens (tertiary/aromatic N) is 2. The van der Waals surface area contributed by atoms with Gasteiger partial charge in [-0.25, -0.2) is 8.42 Å². The van der Waals surface area contributed by atoms with Crippen LogP contribution in [-0.2, 0) is 30.5 Å². The van der Waals surface area contributed by atoms with Crippen LogP contribution in [0.15, 0.2) is 29.2 Å². The summed E-state index contributed by atoms with van der Waals surface area (Å²) in [5.41, 5.74) is -1.00. The largest absolute Gasteiger partial charge is 0.416 e. The van der Waals surface area contributed by atoms with Gasteiger partial charge in [-0.3, -0.25) is 4.79 Å². The second kappa shape index (κ2) is 9.28. The van der Waals surface area contributed by atoms with Gasteiger partial charge in [-0.05, 0) is 43.9 Å². The molecule has 3 saturated heterocycles. The minimum absolute atomic E-state index is 0.00353. The topological polar surface area (TPSA) is 76.2 Å². The highest BCUT2D eigenvalue weighted by molar-refractivity contribution is 7.89. The summed E-state index contributed by atoms with van der Waals surface area (Å²) in [5, 5.41) is 0. The van der Waals surface area contributed by atoms with Gasteiger partial charge in [0.15, 0.2) is 6.29 Å². The molecule has 0 aromatic heterocycles. The zero-order chi connectivity index (χ0) is 22.9. The molecule has 0 bridgehead atoms. The number of hydrogen-bond donors (Lipinski definition) is 0. The molecule has 3 aliphatic heterocycles. The maximum absolute atomic E-state index is 13.0. The summed E-state index contributed by atoms with van der Waals surface area (Å²) in [6.45, 7) is 2.54. The van der Waals surface area contributed by atoms with Gasteiger partial charge in [0.2, 0.25) is 15.9 Å². The molecular formula is C21H27F3N2O5S. The van der Waals surface area contributed by atoms with E-state index < -0.39 is 21.8 Å². The first-order valence-electron chi connectivity index (χ1n) is 10.9. The average molecular weight is 477 g/mol. The van der Waals surface area contributed by atoms with Crippen molar-refractivity contribution >= 4 is 15.9 Å². The Balaban J connectivity index is 1.37. The fourth-order valence-electron chi connectivity index (χ4n) is 4.66. The predicted octanol–water partition coefficient (Wildman–Crippen LogP) is 2.72. The van der Waals surface area contributed by atoms with Gasteiger partial charge in [-0.1, -0.05) is 6.07 Å². The van der Waals surface area contributed by atoms with Gasteiger partial charge in [-0.2, -0.15) is 17.5 Å². The van der Waals surface area contributed by atoms with E-state index in [2.05, 4.69) is 0 Å². The van der Waals surface area contributed by atoms with Gasteiger partial charge in [0, 0.05) is 38.0 Å². The normalized spacial score (nSPS) is 24.7. The van der Waals surface area contributed by atoms with Crippen LogP contribution in [0, 0.1) is 11.8 Å². The number of carbonyl (C=O) groups is 1. The second-order valence-corrected chi connectivity index (χ2v) is 10.4. The lowest BCUT2D eigenvalue weighted by Crippen LogP contribution is -2.48. The van der Waals surface area contributed by atoms with E-state index in [0.29, 0.717) is 45.2 Å². The summed E-state index contributed by atoms with van der Waals surface area (Å²) in [4.78, 5) is 14.5. The molecule has 11 heteroatoms. The van der Waals surface area contributed by atoms with E-state index in [1.807, 2.05) is 4.90 Å². The number of amides is 1. The van der Waals surface area contributed by atoms with E-state index in [4.69, 9.17) is 9.47 Å². The lowest BCUT2D eigenvalue weighted by molar-refractivity contribution is -0.144. The van der Waals surface area contributed by atoms with E-state index in [-0.39, 0.29) is 42.0 Å². The van der Waals surface area contributed by atoms with Crippen LogP contribution in [0.25, 0.3) is 0 Å². The number of rotatable bonds is 4. The minimum Gasteiger partial charge on any atom is -0.350 e. The third-order valence-corrected chi connectivity index (χ3v) is 8.30. The molecule has 0 spiro atoms. The lowest BCUT2D eigenvalue weighted by atomic mass is 9.92. The molecule has 0 radical (unpaired) electrons. The van der Waals surface area contributed by atoms with Crippen LogP contribution >= 0.6 is 0 Å². The van der Waals surface area contributed by atoms with Crippen molar-refractivity contribution in [1.29, 1.82) is 0 Å². The number of carbonyl (C=O) groups excluding carboxylic acids is 1. The Bertz CT molecular complexity index is 926. The number of sulfonamides is 1. The summed E-state index contributed by atoms with van der Waals surface area (Å²) in [6.07, 6.45) is -2.41. The highest BCUT2D eigenvalue weighted by Gasteiger charge is 2.38. The lowest BCUT2D eigenvalue weighted by Gasteiger charge is -2.38. The Morgan fingerprint density at radius 3 is 2.38 bits per heavy atom. The maximum Gasteiger partial charge on any atom is 0.416 e. The summed E-state index contributed by atoms with van der Waals surface area (Å²) in [7, 11) is -4.06. The summed E-state index contributed by atoms with van der Waals surface area (Å²) in [6, 6.07) is 3.77. The Morgan fingerprint density at radius 1 is 1.03 bits per heavy atom. The first-order chi connectivity index (χ1) is 15.2. The molecular weight excluding hydrogens is 449 g/mol. The van der Waals surface area contributed by atoms with Gasteiger partial charge in [0.1, 0.15) is 0 Å². The summed E-state index contributed by atoms with van der Waals surface area (Å²) >= 11 is 0. The van der Waals surface area contributed by atoms with Crippen LogP contribution in [-0.4, -0.2) is 69.2 Å². The smallest absolute Gasteiger partial charge is 0.350 e. The van der Waals surface area contributed by atoms with Crippen molar-refractivity contribution in [3.63, 3.8) is 0 Å². The molecule has 1 unspecified atom stereocenters. The first kappa shape index (κ1) is 23.5. The molecule has 1 aromatic carbocycles. The molecule has 178 valence electrons. The second-order valence-electron chi connectivity index (χ2n) is 8.50. The van der Waals surface area contributed by atoms with E-state index in [1.54, 1.807) is 0 Å². The number of likely N-dealkylation sites (tertiary alicyclic amines) is 1. The number of alkyl halides is 3. The van der Waals surface area contributed by atoms with Crippen molar-refractivity contribution in [3.8, 4) is 0 Å². The molecule has 1 atom stereocenters. The standard InChI is InChI=1S/C21H27F3N2O5S/c22-21(23,24)17-4-1-5-18(13-17)32(28,29)26-9-6-15(7-10-26)19(27)25-8-2-3-16(14-25)20-30-11-12-31-20/h1,4-5,13,15-16,20H,2-3,6-12,14H2. The van der Waals surface area contributed by atoms with Crippen molar-refractivity contribution in [2.24, 2.45) is 11.8 Å². The Kier molecular flexibility index (Phi) is 6.81. The van der Waals surface area contributed by atoms with Crippen molar-refractivity contribution in [1.82, 2.24) is 9.21 Å². The van der Waals surface area contributed by atoms with Gasteiger partial charge < -0.3 is 14.4 Å². The molecule has 0 aliphatic carbocycles. The van der Waals surface area contributed by atoms with Crippen molar-refractivity contribution in [3.05, 3.63) is 29.8 Å². The van der Waals surface area contributed by atoms with E-state index in [9.17, 15) is 26.4 Å². The van der Waals surface area contributed by atoms with Crippen LogP contribution in [0.4, 0.5) is 13.2 Å². The van der Waals surface area contributed by atoms with Gasteiger partial charge in [0.25, 0.3) is 0 Å². The van der Waals surface area contributed by atoms with Crippen LogP contribution in [0.3, 0.4) is 0 Å². The molecule has 0 N–H and O–H groups in total. The number of piperidine rings is 2. The Morgan fingerprint density at radius 2 is 1.72 bits per heavy atom. The van der Waals surface area contributed by atoms with Crippen molar-refractivity contribution < 1.29 is 35.9 Å². The van der Waals surface area contributed by atoms with Gasteiger partial charge in [-0.15, -0.1) is 0 Å². The molecule has 3 fully saturated rings. The fourth-order valence-corrected chi connectivity index (χ4v) is 6.18. The number of halogens is 3. The summed E-state index contributed by atoms with van der Waals surface area (Å²) < 4.78 is 77.0. The SMILES string of the molecule is O=C(C1CCN(S(=O)(=O)c2cccc(C(F)(F)F)c2)CC1)N1CCCC(C2OCCO2)C1. The van der Waals surface area contributed by atoms with E-state index in [0.717, 1.165) is 25.0 Å². The van der Waals surface area contributed by atoms with Gasteiger partial charge in [0.05, 0.1) is 23.7 Å². The first-order valence-corrected chi connectivity index (χ1v) is 12.3. The van der Waals surface area contributed by atoms with Crippen molar-refractivity contribution in [2.45, 2.75) is 43.0 Å². The highest BCUT2D eigenvalue weighted by Crippen LogP contribution is 2.33. The zero-order valence-electron chi connectivity index (χ0n) is 17.6. The number of hydrogen-bond acceptors (Lipinski definition) is 5. The third kappa shape index (κ3) is 4.95. The maximum atomic E-state index is 13.0. The molecule has 1 amide bonds. The van der Waals surface area contributed by atoms with Crippen LogP contribution in [0.2, 0.25) is 0 Å². The molecule has 3 aliphatic rings. The van der Waals surface area contributed by atoms with Crippen LogP contribution in [0.5, 0.6) is 0 Å². The quantitative estimate of drug-likeness (QED) is 0.668. The van der Waals surface area contributed by atoms with Crippen LogP contribution < -0.4 is 0 Å². The molecule has 32 heavy (non-hydrogen) atoms. The Labute approximate surface area is 185 Å². The summed E-state index contributed by atoms with van der Waals surface area (Å²) in [5.74, 6) is -0.160. The van der Waals surface area contributed by atoms with Crippen molar-refractivity contribution in [2.75, 3.05) is 39.4 Å². The Hall–Kier alpha value is -1.69.